The van der Waals surface area contributed by atoms with Crippen molar-refractivity contribution in [1.82, 2.24) is 10.2 Å². The fourth-order valence-electron chi connectivity index (χ4n) is 2.73. The molecule has 96 valence electrons. The van der Waals surface area contributed by atoms with Gasteiger partial charge in [0.1, 0.15) is 0 Å². The Balaban J connectivity index is 2.18. The molecule has 0 radical (unpaired) electrons. The van der Waals surface area contributed by atoms with E-state index in [1.54, 1.807) is 0 Å². The summed E-state index contributed by atoms with van der Waals surface area (Å²) in [6.07, 6.45) is 5.45. The molecule has 1 saturated heterocycles. The van der Waals surface area contributed by atoms with Crippen molar-refractivity contribution in [3.63, 3.8) is 0 Å². The van der Waals surface area contributed by atoms with Gasteiger partial charge in [-0.3, -0.25) is 4.90 Å². The van der Waals surface area contributed by atoms with Crippen molar-refractivity contribution in [2.45, 2.75) is 65.5 Å². The second-order valence-corrected chi connectivity index (χ2v) is 5.59. The second-order valence-electron chi connectivity index (χ2n) is 5.59. The maximum Gasteiger partial charge on any atom is 0.0110 e. The van der Waals surface area contributed by atoms with Crippen molar-refractivity contribution < 1.29 is 0 Å². The number of rotatable bonds is 6. The minimum atomic E-state index is 0.695. The van der Waals surface area contributed by atoms with Gasteiger partial charge < -0.3 is 5.32 Å². The Hall–Kier alpha value is -0.0800. The molecule has 1 N–H and O–H groups in total. The van der Waals surface area contributed by atoms with Crippen LogP contribution in [0.2, 0.25) is 0 Å². The predicted octanol–water partition coefficient (Wildman–Crippen LogP) is 2.89. The van der Waals surface area contributed by atoms with Crippen LogP contribution in [-0.4, -0.2) is 36.6 Å². The summed E-state index contributed by atoms with van der Waals surface area (Å²) in [5, 5.41) is 3.70. The largest absolute Gasteiger partial charge is 0.312 e. The van der Waals surface area contributed by atoms with Crippen molar-refractivity contribution in [2.75, 3.05) is 19.6 Å². The maximum atomic E-state index is 3.70. The van der Waals surface area contributed by atoms with Crippen LogP contribution in [0.25, 0.3) is 0 Å². The zero-order valence-electron chi connectivity index (χ0n) is 11.6. The summed E-state index contributed by atoms with van der Waals surface area (Å²) in [4.78, 5) is 2.64. The molecule has 16 heavy (non-hydrogen) atoms. The Kier molecular flexibility index (Phi) is 6.37. The van der Waals surface area contributed by atoms with Crippen molar-refractivity contribution in [3.05, 3.63) is 0 Å². The fourth-order valence-corrected chi connectivity index (χ4v) is 2.73. The molecule has 0 spiro atoms. The van der Waals surface area contributed by atoms with Crippen molar-refractivity contribution in [3.8, 4) is 0 Å². The molecule has 0 amide bonds. The van der Waals surface area contributed by atoms with Crippen LogP contribution < -0.4 is 5.32 Å². The quantitative estimate of drug-likeness (QED) is 0.749. The standard InChI is InChI=1S/C14H30N2/c1-5-14(12(2)3)15-9-11-16-10-7-6-8-13(16)4/h12-15H,5-11H2,1-4H3. The molecule has 2 atom stereocenters. The number of hydrogen-bond acceptors (Lipinski definition) is 2. The molecule has 2 heteroatoms. The minimum absolute atomic E-state index is 0.695. The molecule has 1 fully saturated rings. The first-order chi connectivity index (χ1) is 7.65. The van der Waals surface area contributed by atoms with Gasteiger partial charge in [0.05, 0.1) is 0 Å². The summed E-state index contributed by atoms with van der Waals surface area (Å²) in [7, 11) is 0. The van der Waals surface area contributed by atoms with Gasteiger partial charge in [0, 0.05) is 25.2 Å². The third-order valence-corrected chi connectivity index (χ3v) is 3.99. The normalized spacial score (nSPS) is 24.9. The molecule has 1 aliphatic heterocycles. The van der Waals surface area contributed by atoms with E-state index < -0.39 is 0 Å². The monoisotopic (exact) mass is 226 g/mol. The van der Waals surface area contributed by atoms with Gasteiger partial charge >= 0.3 is 0 Å². The van der Waals surface area contributed by atoms with E-state index in [9.17, 15) is 0 Å². The lowest BCUT2D eigenvalue weighted by Crippen LogP contribution is -2.44. The molecule has 0 aromatic heterocycles. The molecule has 0 aromatic rings. The van der Waals surface area contributed by atoms with Gasteiger partial charge in [-0.15, -0.1) is 0 Å². The van der Waals surface area contributed by atoms with Crippen LogP contribution in [-0.2, 0) is 0 Å². The van der Waals surface area contributed by atoms with Crippen LogP contribution in [0.3, 0.4) is 0 Å². The highest BCUT2D eigenvalue weighted by atomic mass is 15.2. The minimum Gasteiger partial charge on any atom is -0.312 e. The van der Waals surface area contributed by atoms with E-state index in [0.29, 0.717) is 6.04 Å². The smallest absolute Gasteiger partial charge is 0.0110 e. The van der Waals surface area contributed by atoms with Crippen molar-refractivity contribution in [1.29, 1.82) is 0 Å². The molecule has 1 aliphatic rings. The predicted molar refractivity (Wildman–Crippen MR) is 71.8 cm³/mol. The summed E-state index contributed by atoms with van der Waals surface area (Å²) in [6.45, 7) is 13.0. The summed E-state index contributed by atoms with van der Waals surface area (Å²) in [5.41, 5.74) is 0. The van der Waals surface area contributed by atoms with Gasteiger partial charge in [-0.2, -0.15) is 0 Å². The van der Waals surface area contributed by atoms with E-state index in [2.05, 4.69) is 37.9 Å². The Bertz CT molecular complexity index is 180. The Morgan fingerprint density at radius 1 is 1.31 bits per heavy atom. The SMILES string of the molecule is CCC(NCCN1CCCCC1C)C(C)C. The Morgan fingerprint density at radius 3 is 2.62 bits per heavy atom. The number of likely N-dealkylation sites (tertiary alicyclic amines) is 1. The van der Waals surface area contributed by atoms with Gasteiger partial charge in [0.25, 0.3) is 0 Å². The number of hydrogen-bond donors (Lipinski definition) is 1. The van der Waals surface area contributed by atoms with Crippen molar-refractivity contribution in [2.24, 2.45) is 5.92 Å². The summed E-state index contributed by atoms with van der Waals surface area (Å²) in [5.74, 6) is 0.753. The second kappa shape index (κ2) is 7.29. The highest BCUT2D eigenvalue weighted by Crippen LogP contribution is 2.15. The first kappa shape index (κ1) is 14.0. The van der Waals surface area contributed by atoms with Crippen LogP contribution >= 0.6 is 0 Å². The fraction of sp³-hybridized carbons (Fsp3) is 1.00. The molecular formula is C14H30N2. The van der Waals surface area contributed by atoms with E-state index >= 15 is 0 Å². The molecule has 0 saturated carbocycles. The number of nitrogens with one attached hydrogen (secondary N) is 1. The lowest BCUT2D eigenvalue weighted by Gasteiger charge is -2.34. The first-order valence-corrected chi connectivity index (χ1v) is 7.12. The van der Waals surface area contributed by atoms with Gasteiger partial charge in [0.15, 0.2) is 0 Å². The highest BCUT2D eigenvalue weighted by molar-refractivity contribution is 4.75. The van der Waals surface area contributed by atoms with E-state index in [0.717, 1.165) is 18.5 Å². The van der Waals surface area contributed by atoms with Crippen LogP contribution in [0, 0.1) is 5.92 Å². The van der Waals surface area contributed by atoms with E-state index in [-0.39, 0.29) is 0 Å². The zero-order valence-corrected chi connectivity index (χ0v) is 11.6. The number of piperidine rings is 1. The molecule has 1 heterocycles. The topological polar surface area (TPSA) is 15.3 Å². The third kappa shape index (κ3) is 4.42. The Labute approximate surface area is 102 Å². The van der Waals surface area contributed by atoms with Gasteiger partial charge in [0.2, 0.25) is 0 Å². The van der Waals surface area contributed by atoms with E-state index in [1.807, 2.05) is 0 Å². The summed E-state index contributed by atoms with van der Waals surface area (Å²) in [6, 6.07) is 1.50. The van der Waals surface area contributed by atoms with Crippen LogP contribution in [0.1, 0.15) is 53.4 Å². The van der Waals surface area contributed by atoms with Crippen molar-refractivity contribution >= 4 is 0 Å². The summed E-state index contributed by atoms with van der Waals surface area (Å²) >= 11 is 0. The summed E-state index contributed by atoms with van der Waals surface area (Å²) < 4.78 is 0. The molecule has 0 bridgehead atoms. The average Bonchev–Trinajstić information content (AvgIpc) is 2.26. The lowest BCUT2D eigenvalue weighted by molar-refractivity contribution is 0.158. The van der Waals surface area contributed by atoms with Gasteiger partial charge in [-0.25, -0.2) is 0 Å². The van der Waals surface area contributed by atoms with E-state index in [4.69, 9.17) is 0 Å². The zero-order chi connectivity index (χ0) is 12.0. The lowest BCUT2D eigenvalue weighted by atomic mass is 10.0. The van der Waals surface area contributed by atoms with E-state index in [1.165, 1.54) is 38.8 Å². The average molecular weight is 226 g/mol. The van der Waals surface area contributed by atoms with Crippen LogP contribution in [0.15, 0.2) is 0 Å². The number of nitrogens with zero attached hydrogens (tertiary/aromatic N) is 1. The van der Waals surface area contributed by atoms with Crippen LogP contribution in [0.4, 0.5) is 0 Å². The third-order valence-electron chi connectivity index (χ3n) is 3.99. The van der Waals surface area contributed by atoms with Crippen LogP contribution in [0.5, 0.6) is 0 Å². The molecule has 2 nitrogen and oxygen atoms in total. The molecular weight excluding hydrogens is 196 g/mol. The molecule has 1 rings (SSSR count). The Morgan fingerprint density at radius 2 is 2.06 bits per heavy atom. The molecule has 0 aromatic carbocycles. The molecule has 2 unspecified atom stereocenters. The van der Waals surface area contributed by atoms with Gasteiger partial charge in [-0.05, 0) is 38.6 Å². The highest BCUT2D eigenvalue weighted by Gasteiger charge is 2.18. The molecule has 0 aliphatic carbocycles. The van der Waals surface area contributed by atoms with Gasteiger partial charge in [-0.1, -0.05) is 27.2 Å². The first-order valence-electron chi connectivity index (χ1n) is 7.12. The maximum absolute atomic E-state index is 3.70.